The van der Waals surface area contributed by atoms with Crippen LogP contribution < -0.4 is 10.0 Å². The summed E-state index contributed by atoms with van der Waals surface area (Å²) in [6.45, 7) is 0. The molecule has 0 radical (unpaired) electrons. The fourth-order valence-electron chi connectivity index (χ4n) is 1.53. The zero-order chi connectivity index (χ0) is 13.2. The molecule has 0 fully saturated rings. The van der Waals surface area contributed by atoms with Gasteiger partial charge in [0.1, 0.15) is 4.90 Å². The van der Waals surface area contributed by atoms with Crippen LogP contribution in [0.25, 0.3) is 0 Å². The summed E-state index contributed by atoms with van der Waals surface area (Å²) in [6, 6.07) is 10.3. The Kier molecular flexibility index (Phi) is 3.20. The highest BCUT2D eigenvalue weighted by Gasteiger charge is 2.23. The van der Waals surface area contributed by atoms with Crippen LogP contribution in [-0.4, -0.2) is 20.4 Å². The second kappa shape index (κ2) is 4.66. The van der Waals surface area contributed by atoms with Crippen molar-refractivity contribution in [1.82, 2.24) is 4.98 Å². The third-order valence-corrected chi connectivity index (χ3v) is 4.40. The van der Waals surface area contributed by atoms with Crippen LogP contribution >= 0.6 is 0 Å². The summed E-state index contributed by atoms with van der Waals surface area (Å²) in [7, 11) is -2.19. The Labute approximate surface area is 106 Å². The highest BCUT2D eigenvalue weighted by molar-refractivity contribution is 7.93. The quantitative estimate of drug-likeness (QED) is 0.910. The van der Waals surface area contributed by atoms with Crippen molar-refractivity contribution in [2.24, 2.45) is 0 Å². The normalized spacial score (nSPS) is 11.2. The Balaban J connectivity index is 2.48. The molecule has 0 unspecified atom stereocenters. The van der Waals surface area contributed by atoms with Gasteiger partial charge in [-0.05, 0) is 18.2 Å². The maximum Gasteiger partial charge on any atom is 0.267 e. The molecule has 0 aliphatic heterocycles. The molecule has 0 saturated heterocycles. The lowest BCUT2D eigenvalue weighted by Gasteiger charge is -2.19. The molecular formula is C12H13N3O2S. The van der Waals surface area contributed by atoms with Crippen LogP contribution in [0.2, 0.25) is 0 Å². The van der Waals surface area contributed by atoms with Crippen LogP contribution in [0.3, 0.4) is 0 Å². The standard InChI is InChI=1S/C12H13N3O2S/c1-15(10-5-3-2-4-6-10)18(16,17)12-9-14-8-7-11(12)13/h2-9H,1H3,(H2,13,14). The first-order valence-electron chi connectivity index (χ1n) is 5.27. The smallest absolute Gasteiger partial charge is 0.267 e. The van der Waals surface area contributed by atoms with Crippen molar-refractivity contribution in [1.29, 1.82) is 0 Å². The number of hydrogen-bond donors (Lipinski definition) is 1. The van der Waals surface area contributed by atoms with Gasteiger partial charge < -0.3 is 5.73 Å². The largest absolute Gasteiger partial charge is 0.398 e. The molecule has 2 aromatic rings. The van der Waals surface area contributed by atoms with Crippen LogP contribution in [0.5, 0.6) is 0 Å². The molecule has 1 aromatic carbocycles. The van der Waals surface area contributed by atoms with E-state index >= 15 is 0 Å². The van der Waals surface area contributed by atoms with E-state index in [1.807, 2.05) is 6.07 Å². The van der Waals surface area contributed by atoms with Crippen LogP contribution in [0.15, 0.2) is 53.7 Å². The van der Waals surface area contributed by atoms with Gasteiger partial charge in [-0.1, -0.05) is 18.2 Å². The van der Waals surface area contributed by atoms with Gasteiger partial charge in [0.2, 0.25) is 0 Å². The average molecular weight is 263 g/mol. The van der Waals surface area contributed by atoms with Crippen molar-refractivity contribution in [3.8, 4) is 0 Å². The first-order chi connectivity index (χ1) is 8.53. The molecule has 2 rings (SSSR count). The molecule has 0 amide bonds. The Morgan fingerprint density at radius 1 is 1.17 bits per heavy atom. The van der Waals surface area contributed by atoms with Crippen LogP contribution in [0, 0.1) is 0 Å². The van der Waals surface area contributed by atoms with Gasteiger partial charge in [0.05, 0.1) is 11.4 Å². The fourth-order valence-corrected chi connectivity index (χ4v) is 2.78. The van der Waals surface area contributed by atoms with Crippen LogP contribution in [0.4, 0.5) is 11.4 Å². The number of benzene rings is 1. The zero-order valence-electron chi connectivity index (χ0n) is 9.82. The van der Waals surface area contributed by atoms with Gasteiger partial charge in [-0.25, -0.2) is 8.42 Å². The molecule has 0 saturated carbocycles. The second-order valence-electron chi connectivity index (χ2n) is 3.72. The van der Waals surface area contributed by atoms with E-state index in [-0.39, 0.29) is 10.6 Å². The minimum atomic E-state index is -3.68. The van der Waals surface area contributed by atoms with Crippen LogP contribution in [0.1, 0.15) is 0 Å². The Bertz CT molecular complexity index is 641. The Hall–Kier alpha value is -2.08. The van der Waals surface area contributed by atoms with Gasteiger partial charge in [-0.15, -0.1) is 0 Å². The minimum absolute atomic E-state index is 0.0105. The summed E-state index contributed by atoms with van der Waals surface area (Å²) in [4.78, 5) is 3.81. The highest BCUT2D eigenvalue weighted by Crippen LogP contribution is 2.24. The maximum absolute atomic E-state index is 12.4. The molecule has 0 aliphatic rings. The van der Waals surface area contributed by atoms with Crippen molar-refractivity contribution in [2.45, 2.75) is 4.90 Å². The monoisotopic (exact) mass is 263 g/mol. The van der Waals surface area contributed by atoms with E-state index in [1.54, 1.807) is 24.3 Å². The number of nitrogens with zero attached hydrogens (tertiary/aromatic N) is 2. The number of rotatable bonds is 3. The summed E-state index contributed by atoms with van der Waals surface area (Å²) in [5.41, 5.74) is 6.43. The first-order valence-corrected chi connectivity index (χ1v) is 6.71. The van der Waals surface area contributed by atoms with Crippen LogP contribution in [-0.2, 0) is 10.0 Å². The lowest BCUT2D eigenvalue weighted by Crippen LogP contribution is -2.27. The molecule has 6 heteroatoms. The molecule has 18 heavy (non-hydrogen) atoms. The molecule has 94 valence electrons. The molecule has 0 bridgehead atoms. The van der Waals surface area contributed by atoms with E-state index < -0.39 is 10.0 Å². The van der Waals surface area contributed by atoms with Crippen molar-refractivity contribution in [3.05, 3.63) is 48.8 Å². The number of nitrogens with two attached hydrogens (primary N) is 1. The molecule has 0 aliphatic carbocycles. The summed E-state index contributed by atoms with van der Waals surface area (Å²) in [6.07, 6.45) is 2.71. The first kappa shape index (κ1) is 12.4. The summed E-state index contributed by atoms with van der Waals surface area (Å²) >= 11 is 0. The predicted octanol–water partition coefficient (Wildman–Crippen LogP) is 1.49. The number of hydrogen-bond acceptors (Lipinski definition) is 4. The van der Waals surface area contributed by atoms with Gasteiger partial charge in [0, 0.05) is 19.4 Å². The SMILES string of the molecule is CN(c1ccccc1)S(=O)(=O)c1cnccc1N. The Morgan fingerprint density at radius 2 is 1.83 bits per heavy atom. The number of aromatic nitrogens is 1. The fraction of sp³-hybridized carbons (Fsp3) is 0.0833. The summed E-state index contributed by atoms with van der Waals surface area (Å²) < 4.78 is 25.9. The van der Waals surface area contributed by atoms with E-state index in [1.165, 1.54) is 29.8 Å². The second-order valence-corrected chi connectivity index (χ2v) is 5.66. The number of pyridine rings is 1. The summed E-state index contributed by atoms with van der Waals surface area (Å²) in [5, 5.41) is 0. The van der Waals surface area contributed by atoms with Crippen molar-refractivity contribution < 1.29 is 8.42 Å². The van der Waals surface area contributed by atoms with Gasteiger partial charge >= 0.3 is 0 Å². The third-order valence-electron chi connectivity index (χ3n) is 2.57. The molecule has 5 nitrogen and oxygen atoms in total. The average Bonchev–Trinajstić information content (AvgIpc) is 2.39. The van der Waals surface area contributed by atoms with Crippen molar-refractivity contribution >= 4 is 21.4 Å². The summed E-state index contributed by atoms with van der Waals surface area (Å²) in [5.74, 6) is 0. The van der Waals surface area contributed by atoms with Gasteiger partial charge in [0.25, 0.3) is 10.0 Å². The van der Waals surface area contributed by atoms with E-state index in [0.717, 1.165) is 0 Å². The molecule has 2 N–H and O–H groups in total. The lowest BCUT2D eigenvalue weighted by atomic mass is 10.3. The Morgan fingerprint density at radius 3 is 2.44 bits per heavy atom. The zero-order valence-corrected chi connectivity index (χ0v) is 10.6. The van der Waals surface area contributed by atoms with E-state index in [2.05, 4.69) is 4.98 Å². The topological polar surface area (TPSA) is 76.3 Å². The van der Waals surface area contributed by atoms with Crippen molar-refractivity contribution in [3.63, 3.8) is 0 Å². The molecule has 0 atom stereocenters. The lowest BCUT2D eigenvalue weighted by molar-refractivity contribution is 0.594. The van der Waals surface area contributed by atoms with Gasteiger partial charge in [-0.2, -0.15) is 0 Å². The molecule has 1 heterocycles. The molecule has 0 spiro atoms. The number of sulfonamides is 1. The molecule has 1 aromatic heterocycles. The number of para-hydroxylation sites is 1. The third kappa shape index (κ3) is 2.14. The number of anilines is 2. The van der Waals surface area contributed by atoms with E-state index in [4.69, 9.17) is 5.73 Å². The maximum atomic E-state index is 12.4. The van der Waals surface area contributed by atoms with E-state index in [9.17, 15) is 8.42 Å². The minimum Gasteiger partial charge on any atom is -0.398 e. The van der Waals surface area contributed by atoms with Gasteiger partial charge in [0.15, 0.2) is 0 Å². The van der Waals surface area contributed by atoms with Crippen molar-refractivity contribution in [2.75, 3.05) is 17.1 Å². The highest BCUT2D eigenvalue weighted by atomic mass is 32.2. The predicted molar refractivity (Wildman–Crippen MR) is 70.7 cm³/mol. The number of nitrogen functional groups attached to an aromatic ring is 1. The van der Waals surface area contributed by atoms with Gasteiger partial charge in [-0.3, -0.25) is 9.29 Å². The molecular weight excluding hydrogens is 250 g/mol. The van der Waals surface area contributed by atoms with E-state index in [0.29, 0.717) is 5.69 Å².